The Kier molecular flexibility index (Phi) is 4.01. The molecule has 1 atom stereocenters. The molecule has 0 fully saturated rings. The van der Waals surface area contributed by atoms with E-state index in [2.05, 4.69) is 21.7 Å². The fourth-order valence-electron chi connectivity index (χ4n) is 3.24. The number of aromatic nitrogens is 3. The fourth-order valence-corrected chi connectivity index (χ4v) is 3.37. The number of halogens is 1. The minimum atomic E-state index is -0.0148. The van der Waals surface area contributed by atoms with Crippen LogP contribution in [0.25, 0.3) is 11.4 Å². The third-order valence-electron chi connectivity index (χ3n) is 4.43. The van der Waals surface area contributed by atoms with Gasteiger partial charge in [0.25, 0.3) is 5.91 Å². The van der Waals surface area contributed by atoms with Gasteiger partial charge in [-0.15, -0.1) is 10.2 Å². The lowest BCUT2D eigenvalue weighted by molar-refractivity contribution is 0.0682. The van der Waals surface area contributed by atoms with Crippen LogP contribution >= 0.6 is 11.6 Å². The van der Waals surface area contributed by atoms with E-state index < -0.39 is 0 Å². The topological polar surface area (TPSA) is 51.0 Å². The molecule has 0 aliphatic carbocycles. The van der Waals surface area contributed by atoms with Crippen LogP contribution in [0.3, 0.4) is 0 Å². The summed E-state index contributed by atoms with van der Waals surface area (Å²) >= 11 is 5.91. The predicted octanol–water partition coefficient (Wildman–Crippen LogP) is 3.82. The van der Waals surface area contributed by atoms with Gasteiger partial charge in [0.05, 0.1) is 12.6 Å². The van der Waals surface area contributed by atoms with Gasteiger partial charge >= 0.3 is 0 Å². The second kappa shape index (κ2) is 6.33. The molecule has 0 saturated carbocycles. The quantitative estimate of drug-likeness (QED) is 0.704. The maximum atomic E-state index is 12.8. The number of rotatable bonds is 2. The molecule has 6 heteroatoms. The Morgan fingerprint density at radius 2 is 1.80 bits per heavy atom. The standard InChI is InChI=1S/C19H17ClN4O/c1-13-11-23(19(25)15-7-9-16(20)10-8-15)12-17-21-22-18(24(13)17)14-5-3-2-4-6-14/h2-10,13H,11-12H2,1H3/t13-/m0/s1. The summed E-state index contributed by atoms with van der Waals surface area (Å²) in [7, 11) is 0. The second-order valence-corrected chi connectivity index (χ2v) is 6.65. The second-order valence-electron chi connectivity index (χ2n) is 6.22. The molecule has 2 aromatic carbocycles. The first-order chi connectivity index (χ1) is 12.1. The zero-order chi connectivity index (χ0) is 17.4. The van der Waals surface area contributed by atoms with E-state index >= 15 is 0 Å². The van der Waals surface area contributed by atoms with Crippen molar-refractivity contribution >= 4 is 17.5 Å². The summed E-state index contributed by atoms with van der Waals surface area (Å²) in [6, 6.07) is 17.1. The van der Waals surface area contributed by atoms with Crippen molar-refractivity contribution in [1.29, 1.82) is 0 Å². The summed E-state index contributed by atoms with van der Waals surface area (Å²) in [6.45, 7) is 3.15. The molecule has 25 heavy (non-hydrogen) atoms. The molecule has 1 aliphatic heterocycles. The first-order valence-corrected chi connectivity index (χ1v) is 8.55. The van der Waals surface area contributed by atoms with Gasteiger partial charge in [0, 0.05) is 22.7 Å². The van der Waals surface area contributed by atoms with Crippen LogP contribution in [0, 0.1) is 0 Å². The van der Waals surface area contributed by atoms with Crippen LogP contribution in [-0.4, -0.2) is 32.1 Å². The van der Waals surface area contributed by atoms with Crippen LogP contribution in [-0.2, 0) is 6.54 Å². The molecule has 4 rings (SSSR count). The largest absolute Gasteiger partial charge is 0.329 e. The lowest BCUT2D eigenvalue weighted by Crippen LogP contribution is -2.40. The summed E-state index contributed by atoms with van der Waals surface area (Å²) in [5.74, 6) is 1.64. The molecule has 0 radical (unpaired) electrons. The van der Waals surface area contributed by atoms with Crippen molar-refractivity contribution in [2.24, 2.45) is 0 Å². The van der Waals surface area contributed by atoms with Gasteiger partial charge in [-0.2, -0.15) is 0 Å². The summed E-state index contributed by atoms with van der Waals surface area (Å²) in [4.78, 5) is 14.6. The molecule has 1 aromatic heterocycles. The van der Waals surface area contributed by atoms with E-state index in [0.29, 0.717) is 23.7 Å². The average molecular weight is 353 g/mol. The van der Waals surface area contributed by atoms with Gasteiger partial charge in [-0.25, -0.2) is 0 Å². The maximum absolute atomic E-state index is 12.8. The highest BCUT2D eigenvalue weighted by atomic mass is 35.5. The Morgan fingerprint density at radius 3 is 2.52 bits per heavy atom. The summed E-state index contributed by atoms with van der Waals surface area (Å²) < 4.78 is 2.13. The molecule has 0 N–H and O–H groups in total. The van der Waals surface area contributed by atoms with Crippen molar-refractivity contribution in [1.82, 2.24) is 19.7 Å². The maximum Gasteiger partial charge on any atom is 0.254 e. The monoisotopic (exact) mass is 352 g/mol. The van der Waals surface area contributed by atoms with E-state index in [0.717, 1.165) is 17.2 Å². The molecular formula is C19H17ClN4O. The highest BCUT2D eigenvalue weighted by molar-refractivity contribution is 6.30. The number of carbonyl (C=O) groups is 1. The minimum absolute atomic E-state index is 0.0148. The summed E-state index contributed by atoms with van der Waals surface area (Å²) in [6.07, 6.45) is 0. The number of nitrogens with zero attached hydrogens (tertiary/aromatic N) is 4. The first kappa shape index (κ1) is 15.8. The normalized spacial score (nSPS) is 16.6. The van der Waals surface area contributed by atoms with Crippen LogP contribution in [0.5, 0.6) is 0 Å². The summed E-state index contributed by atoms with van der Waals surface area (Å²) in [5, 5.41) is 9.30. The van der Waals surface area contributed by atoms with Crippen LogP contribution < -0.4 is 0 Å². The van der Waals surface area contributed by atoms with E-state index in [-0.39, 0.29) is 11.9 Å². The van der Waals surface area contributed by atoms with E-state index in [4.69, 9.17) is 11.6 Å². The van der Waals surface area contributed by atoms with Gasteiger partial charge in [-0.3, -0.25) is 4.79 Å². The minimum Gasteiger partial charge on any atom is -0.329 e. The van der Waals surface area contributed by atoms with E-state index in [9.17, 15) is 4.79 Å². The highest BCUT2D eigenvalue weighted by Crippen LogP contribution is 2.28. The third kappa shape index (κ3) is 2.91. The number of hydrogen-bond donors (Lipinski definition) is 0. The SMILES string of the molecule is C[C@H]1CN(C(=O)c2ccc(Cl)cc2)Cc2nnc(-c3ccccc3)n21. The number of benzene rings is 2. The van der Waals surface area contributed by atoms with Crippen molar-refractivity contribution in [3.8, 4) is 11.4 Å². The van der Waals surface area contributed by atoms with Crippen molar-refractivity contribution in [2.45, 2.75) is 19.5 Å². The van der Waals surface area contributed by atoms with Crippen LogP contribution in [0.1, 0.15) is 29.1 Å². The molecule has 3 aromatic rings. The van der Waals surface area contributed by atoms with Crippen molar-refractivity contribution in [3.63, 3.8) is 0 Å². The Hall–Kier alpha value is -2.66. The van der Waals surface area contributed by atoms with Crippen LogP contribution in [0.4, 0.5) is 0 Å². The fraction of sp³-hybridized carbons (Fsp3) is 0.211. The van der Waals surface area contributed by atoms with E-state index in [1.807, 2.05) is 35.2 Å². The van der Waals surface area contributed by atoms with Gasteiger partial charge in [0.2, 0.25) is 0 Å². The smallest absolute Gasteiger partial charge is 0.254 e. The molecule has 0 bridgehead atoms. The predicted molar refractivity (Wildman–Crippen MR) is 96.4 cm³/mol. The van der Waals surface area contributed by atoms with Crippen molar-refractivity contribution in [3.05, 3.63) is 71.0 Å². The molecular weight excluding hydrogens is 336 g/mol. The molecule has 0 spiro atoms. The van der Waals surface area contributed by atoms with Gasteiger partial charge in [0.1, 0.15) is 0 Å². The van der Waals surface area contributed by atoms with Gasteiger partial charge in [-0.05, 0) is 31.2 Å². The average Bonchev–Trinajstić information content (AvgIpc) is 3.07. The molecule has 1 amide bonds. The Morgan fingerprint density at radius 1 is 1.08 bits per heavy atom. The van der Waals surface area contributed by atoms with Crippen molar-refractivity contribution < 1.29 is 4.79 Å². The lowest BCUT2D eigenvalue weighted by Gasteiger charge is -2.32. The number of carbonyl (C=O) groups excluding carboxylic acids is 1. The molecule has 0 unspecified atom stereocenters. The molecule has 5 nitrogen and oxygen atoms in total. The Labute approximate surface area is 150 Å². The van der Waals surface area contributed by atoms with E-state index in [1.165, 1.54) is 0 Å². The number of hydrogen-bond acceptors (Lipinski definition) is 3. The highest BCUT2D eigenvalue weighted by Gasteiger charge is 2.29. The summed E-state index contributed by atoms with van der Waals surface area (Å²) in [5.41, 5.74) is 1.67. The lowest BCUT2D eigenvalue weighted by atomic mass is 10.1. The molecule has 0 saturated heterocycles. The van der Waals surface area contributed by atoms with Crippen LogP contribution in [0.15, 0.2) is 54.6 Å². The van der Waals surface area contributed by atoms with Crippen LogP contribution in [0.2, 0.25) is 5.02 Å². The van der Waals surface area contributed by atoms with Crippen molar-refractivity contribution in [2.75, 3.05) is 6.54 Å². The van der Waals surface area contributed by atoms with E-state index in [1.54, 1.807) is 24.3 Å². The molecule has 126 valence electrons. The van der Waals surface area contributed by atoms with Gasteiger partial charge in [-0.1, -0.05) is 41.9 Å². The number of fused-ring (bicyclic) bond motifs is 1. The zero-order valence-electron chi connectivity index (χ0n) is 13.8. The zero-order valence-corrected chi connectivity index (χ0v) is 14.5. The Bertz CT molecular complexity index is 905. The van der Waals surface area contributed by atoms with Gasteiger partial charge < -0.3 is 9.47 Å². The van der Waals surface area contributed by atoms with Gasteiger partial charge in [0.15, 0.2) is 11.6 Å². The number of amides is 1. The Balaban J connectivity index is 1.63. The third-order valence-corrected chi connectivity index (χ3v) is 4.69. The molecule has 2 heterocycles. The molecule has 1 aliphatic rings. The first-order valence-electron chi connectivity index (χ1n) is 8.17.